The number of carboxylic acid groups (broad SMARTS) is 1. The fourth-order valence-electron chi connectivity index (χ4n) is 2.75. The zero-order valence-electron chi connectivity index (χ0n) is 15.4. The van der Waals surface area contributed by atoms with E-state index >= 15 is 0 Å². The molecule has 1 aromatic heterocycles. The number of hydrogen-bond donors (Lipinski definition) is 1. The minimum Gasteiger partial charge on any atom is -0.480 e. The van der Waals surface area contributed by atoms with Gasteiger partial charge in [-0.25, -0.2) is 4.79 Å². The Kier molecular flexibility index (Phi) is 5.30. The minimum absolute atomic E-state index is 0.229. The van der Waals surface area contributed by atoms with Gasteiger partial charge in [0.05, 0.1) is 17.3 Å². The fraction of sp³-hybridized carbons (Fsp3) is 0.421. The van der Waals surface area contributed by atoms with Crippen LogP contribution in [0.3, 0.4) is 0 Å². The summed E-state index contributed by atoms with van der Waals surface area (Å²) in [6.07, 6.45) is 1.52. The average molecular weight is 343 g/mol. The average Bonchev–Trinajstić information content (AvgIpc) is 2.94. The lowest BCUT2D eigenvalue weighted by Crippen LogP contribution is -2.43. The maximum absolute atomic E-state index is 13.1. The van der Waals surface area contributed by atoms with Crippen molar-refractivity contribution in [2.45, 2.75) is 52.7 Å². The summed E-state index contributed by atoms with van der Waals surface area (Å²) in [6.45, 7) is 9.59. The maximum Gasteiger partial charge on any atom is 0.326 e. The van der Waals surface area contributed by atoms with Gasteiger partial charge in [0.1, 0.15) is 6.04 Å². The zero-order valence-corrected chi connectivity index (χ0v) is 15.4. The normalized spacial score (nSPS) is 12.7. The Labute approximate surface area is 148 Å². The number of benzene rings is 1. The van der Waals surface area contributed by atoms with E-state index < -0.39 is 12.0 Å². The smallest absolute Gasteiger partial charge is 0.326 e. The molecule has 0 saturated heterocycles. The molecule has 0 saturated carbocycles. The lowest BCUT2D eigenvalue weighted by molar-refractivity contribution is -0.141. The monoisotopic (exact) mass is 343 g/mol. The van der Waals surface area contributed by atoms with Gasteiger partial charge >= 0.3 is 5.97 Å². The molecule has 0 aliphatic carbocycles. The highest BCUT2D eigenvalue weighted by Crippen LogP contribution is 2.21. The Morgan fingerprint density at radius 3 is 2.32 bits per heavy atom. The molecule has 134 valence electrons. The lowest BCUT2D eigenvalue weighted by atomic mass is 10.1. The van der Waals surface area contributed by atoms with Gasteiger partial charge in [-0.05, 0) is 40.2 Å². The molecule has 2 aromatic rings. The number of rotatable bonds is 5. The van der Waals surface area contributed by atoms with Crippen LogP contribution in [0.15, 0.2) is 36.5 Å². The Balaban J connectivity index is 2.39. The highest BCUT2D eigenvalue weighted by molar-refractivity contribution is 5.97. The van der Waals surface area contributed by atoms with Crippen molar-refractivity contribution < 1.29 is 14.7 Å². The minimum atomic E-state index is -1.04. The summed E-state index contributed by atoms with van der Waals surface area (Å²) in [5.41, 5.74) is 1.78. The first-order valence-electron chi connectivity index (χ1n) is 8.25. The molecule has 0 bridgehead atoms. The first kappa shape index (κ1) is 18.7. The number of carboxylic acids is 1. The molecule has 25 heavy (non-hydrogen) atoms. The molecule has 1 heterocycles. The third-order valence-corrected chi connectivity index (χ3v) is 4.16. The van der Waals surface area contributed by atoms with Gasteiger partial charge in [-0.3, -0.25) is 9.48 Å². The molecule has 0 aliphatic heterocycles. The molecule has 1 amide bonds. The van der Waals surface area contributed by atoms with Crippen LogP contribution < -0.4 is 0 Å². The number of hydrogen-bond acceptors (Lipinski definition) is 3. The van der Waals surface area contributed by atoms with Crippen molar-refractivity contribution in [1.29, 1.82) is 0 Å². The number of nitrogens with zero attached hydrogens (tertiary/aromatic N) is 3. The third kappa shape index (κ3) is 4.07. The SMILES string of the molecule is Cc1c(C(=O)N(Cc2ccccc2)C(C)C(=O)O)cnn1C(C)(C)C. The van der Waals surface area contributed by atoms with Crippen LogP contribution in [0.1, 0.15) is 49.3 Å². The summed E-state index contributed by atoms with van der Waals surface area (Å²) in [5, 5.41) is 13.7. The molecule has 0 radical (unpaired) electrons. The Hall–Kier alpha value is -2.63. The highest BCUT2D eigenvalue weighted by Gasteiger charge is 2.30. The van der Waals surface area contributed by atoms with Gasteiger partial charge in [-0.1, -0.05) is 30.3 Å². The van der Waals surface area contributed by atoms with Crippen LogP contribution in [0.2, 0.25) is 0 Å². The summed E-state index contributed by atoms with van der Waals surface area (Å²) in [5.74, 6) is -1.36. The van der Waals surface area contributed by atoms with E-state index in [4.69, 9.17) is 0 Å². The van der Waals surface area contributed by atoms with Crippen LogP contribution in [-0.4, -0.2) is 37.7 Å². The van der Waals surface area contributed by atoms with E-state index in [1.54, 1.807) is 4.68 Å². The summed E-state index contributed by atoms with van der Waals surface area (Å²) >= 11 is 0. The summed E-state index contributed by atoms with van der Waals surface area (Å²) in [4.78, 5) is 25.9. The fourth-order valence-corrected chi connectivity index (χ4v) is 2.75. The number of carbonyl (C=O) groups is 2. The van der Waals surface area contributed by atoms with E-state index in [0.29, 0.717) is 5.56 Å². The lowest BCUT2D eigenvalue weighted by Gasteiger charge is -2.27. The molecular weight excluding hydrogens is 318 g/mol. The Morgan fingerprint density at radius 2 is 1.84 bits per heavy atom. The summed E-state index contributed by atoms with van der Waals surface area (Å²) in [7, 11) is 0. The maximum atomic E-state index is 13.1. The van der Waals surface area contributed by atoms with Crippen LogP contribution in [0.25, 0.3) is 0 Å². The molecule has 2 rings (SSSR count). The summed E-state index contributed by atoms with van der Waals surface area (Å²) in [6, 6.07) is 8.43. The molecule has 0 spiro atoms. The first-order chi connectivity index (χ1) is 11.6. The van der Waals surface area contributed by atoms with Gasteiger partial charge in [-0.2, -0.15) is 5.10 Å². The predicted octanol–water partition coefficient (Wildman–Crippen LogP) is 3.06. The standard InChI is InChI=1S/C19H25N3O3/c1-13-16(11-20-22(13)19(3,4)5)17(23)21(14(2)18(24)25)12-15-9-7-6-8-10-15/h6-11,14H,12H2,1-5H3,(H,24,25). The van der Waals surface area contributed by atoms with Crippen molar-refractivity contribution in [2.24, 2.45) is 0 Å². The number of aromatic nitrogens is 2. The van der Waals surface area contributed by atoms with Crippen molar-refractivity contribution in [3.8, 4) is 0 Å². The largest absolute Gasteiger partial charge is 0.480 e. The second-order valence-electron chi connectivity index (χ2n) is 7.16. The van der Waals surface area contributed by atoms with E-state index in [0.717, 1.165) is 11.3 Å². The number of carbonyl (C=O) groups excluding carboxylic acids is 1. The van der Waals surface area contributed by atoms with Gasteiger partial charge < -0.3 is 10.0 Å². The van der Waals surface area contributed by atoms with Crippen molar-refractivity contribution >= 4 is 11.9 Å². The van der Waals surface area contributed by atoms with Crippen LogP contribution in [0.4, 0.5) is 0 Å². The second kappa shape index (κ2) is 7.09. The number of amides is 1. The highest BCUT2D eigenvalue weighted by atomic mass is 16.4. The van der Waals surface area contributed by atoms with E-state index in [2.05, 4.69) is 5.10 Å². The Morgan fingerprint density at radius 1 is 1.24 bits per heavy atom. The van der Waals surface area contributed by atoms with Gasteiger partial charge in [0.2, 0.25) is 0 Å². The molecule has 1 N–H and O–H groups in total. The predicted molar refractivity (Wildman–Crippen MR) is 95.4 cm³/mol. The first-order valence-corrected chi connectivity index (χ1v) is 8.25. The molecular formula is C19H25N3O3. The van der Waals surface area contributed by atoms with Crippen molar-refractivity contribution in [3.05, 3.63) is 53.3 Å². The molecule has 0 aliphatic rings. The zero-order chi connectivity index (χ0) is 18.8. The van der Waals surface area contributed by atoms with Gasteiger partial charge in [0.15, 0.2) is 0 Å². The van der Waals surface area contributed by atoms with Gasteiger partial charge in [0.25, 0.3) is 5.91 Å². The van der Waals surface area contributed by atoms with Crippen molar-refractivity contribution in [2.75, 3.05) is 0 Å². The molecule has 1 unspecified atom stereocenters. The molecule has 6 nitrogen and oxygen atoms in total. The van der Waals surface area contributed by atoms with Gasteiger partial charge in [-0.15, -0.1) is 0 Å². The molecule has 0 fully saturated rings. The third-order valence-electron chi connectivity index (χ3n) is 4.16. The quantitative estimate of drug-likeness (QED) is 0.905. The summed E-state index contributed by atoms with van der Waals surface area (Å²) < 4.78 is 1.78. The van der Waals surface area contributed by atoms with Crippen molar-refractivity contribution in [1.82, 2.24) is 14.7 Å². The van der Waals surface area contributed by atoms with E-state index in [1.165, 1.54) is 18.0 Å². The van der Waals surface area contributed by atoms with E-state index in [9.17, 15) is 14.7 Å². The second-order valence-corrected chi connectivity index (χ2v) is 7.16. The van der Waals surface area contributed by atoms with Crippen LogP contribution in [0, 0.1) is 6.92 Å². The topological polar surface area (TPSA) is 75.4 Å². The van der Waals surface area contributed by atoms with Crippen LogP contribution in [0.5, 0.6) is 0 Å². The van der Waals surface area contributed by atoms with Gasteiger partial charge in [0, 0.05) is 12.2 Å². The van der Waals surface area contributed by atoms with Crippen LogP contribution in [-0.2, 0) is 16.9 Å². The molecule has 1 atom stereocenters. The van der Waals surface area contributed by atoms with Crippen molar-refractivity contribution in [3.63, 3.8) is 0 Å². The van der Waals surface area contributed by atoms with E-state index in [1.807, 2.05) is 58.0 Å². The number of aliphatic carboxylic acids is 1. The van der Waals surface area contributed by atoms with Crippen LogP contribution >= 0.6 is 0 Å². The molecule has 1 aromatic carbocycles. The van der Waals surface area contributed by atoms with E-state index in [-0.39, 0.29) is 18.0 Å². The Bertz CT molecular complexity index is 760. The molecule has 6 heteroatoms.